The minimum atomic E-state index is -0.390. The quantitative estimate of drug-likeness (QED) is 0.885. The summed E-state index contributed by atoms with van der Waals surface area (Å²) in [6.45, 7) is 3.17. The van der Waals surface area contributed by atoms with Crippen LogP contribution in [-0.4, -0.2) is 27.7 Å². The van der Waals surface area contributed by atoms with Gasteiger partial charge in [-0.25, -0.2) is 0 Å². The summed E-state index contributed by atoms with van der Waals surface area (Å²) in [4.78, 5) is 2.62. The third kappa shape index (κ3) is 2.19. The first-order valence-corrected chi connectivity index (χ1v) is 7.22. The third-order valence-corrected chi connectivity index (χ3v) is 4.87. The lowest BCUT2D eigenvalue weighted by Crippen LogP contribution is -2.50. The largest absolute Gasteiger partial charge is 0.390 e. The van der Waals surface area contributed by atoms with Gasteiger partial charge in [0.1, 0.15) is 0 Å². The molecule has 0 unspecified atom stereocenters. The summed E-state index contributed by atoms with van der Waals surface area (Å²) in [5.74, 6) is 0. The molecule has 3 rings (SSSR count). The number of hydrogen-bond acceptors (Lipinski definition) is 2. The van der Waals surface area contributed by atoms with Crippen LogP contribution < -0.4 is 0 Å². The average molecular weight is 245 g/mol. The number of piperidine rings is 1. The minimum Gasteiger partial charge on any atom is -0.390 e. The lowest BCUT2D eigenvalue weighted by atomic mass is 9.84. The van der Waals surface area contributed by atoms with Crippen LogP contribution in [0.3, 0.4) is 0 Å². The second-order valence-corrected chi connectivity index (χ2v) is 6.03. The topological polar surface area (TPSA) is 23.5 Å². The monoisotopic (exact) mass is 245 g/mol. The maximum atomic E-state index is 10.5. The highest BCUT2D eigenvalue weighted by Gasteiger charge is 2.46. The fourth-order valence-electron chi connectivity index (χ4n) is 3.75. The third-order valence-electron chi connectivity index (χ3n) is 4.87. The molecule has 0 saturated carbocycles. The van der Waals surface area contributed by atoms with Crippen LogP contribution in [0.5, 0.6) is 0 Å². The molecule has 1 aromatic carbocycles. The molecule has 0 aromatic heterocycles. The molecule has 2 heteroatoms. The van der Waals surface area contributed by atoms with Crippen molar-refractivity contribution in [3.63, 3.8) is 0 Å². The molecule has 2 aliphatic heterocycles. The van der Waals surface area contributed by atoms with Gasteiger partial charge in [0.2, 0.25) is 0 Å². The van der Waals surface area contributed by atoms with Crippen molar-refractivity contribution in [2.24, 2.45) is 0 Å². The summed E-state index contributed by atoms with van der Waals surface area (Å²) in [5, 5.41) is 10.5. The summed E-state index contributed by atoms with van der Waals surface area (Å²) in [6.07, 6.45) is 5.36. The highest BCUT2D eigenvalue weighted by atomic mass is 16.3. The van der Waals surface area contributed by atoms with Crippen molar-refractivity contribution in [2.45, 2.75) is 63.3 Å². The van der Waals surface area contributed by atoms with Crippen LogP contribution in [0.1, 0.15) is 44.6 Å². The van der Waals surface area contributed by atoms with Gasteiger partial charge in [-0.3, -0.25) is 4.90 Å². The van der Waals surface area contributed by atoms with Gasteiger partial charge in [-0.1, -0.05) is 37.3 Å². The normalized spacial score (nSPS) is 35.9. The number of nitrogens with zero attached hydrogens (tertiary/aromatic N) is 1. The van der Waals surface area contributed by atoms with Gasteiger partial charge in [-0.05, 0) is 37.7 Å². The Labute approximate surface area is 110 Å². The molecule has 0 radical (unpaired) electrons. The van der Waals surface area contributed by atoms with E-state index in [0.717, 1.165) is 25.8 Å². The summed E-state index contributed by atoms with van der Waals surface area (Å²) in [7, 11) is 0. The van der Waals surface area contributed by atoms with Crippen LogP contribution in [0.25, 0.3) is 0 Å². The first-order chi connectivity index (χ1) is 8.70. The van der Waals surface area contributed by atoms with E-state index in [0.29, 0.717) is 12.1 Å². The Balaban J connectivity index is 1.73. The molecule has 18 heavy (non-hydrogen) atoms. The average Bonchev–Trinajstić information content (AvgIpc) is 2.64. The van der Waals surface area contributed by atoms with Crippen LogP contribution >= 0.6 is 0 Å². The first-order valence-electron chi connectivity index (χ1n) is 7.22. The van der Waals surface area contributed by atoms with E-state index in [1.807, 2.05) is 0 Å². The van der Waals surface area contributed by atoms with E-state index in [4.69, 9.17) is 0 Å². The Morgan fingerprint density at radius 1 is 1.17 bits per heavy atom. The Morgan fingerprint density at radius 3 is 2.33 bits per heavy atom. The molecule has 98 valence electrons. The highest BCUT2D eigenvalue weighted by molar-refractivity contribution is 5.16. The number of hydrogen-bond donors (Lipinski definition) is 1. The summed E-state index contributed by atoms with van der Waals surface area (Å²) >= 11 is 0. The highest BCUT2D eigenvalue weighted by Crippen LogP contribution is 2.42. The zero-order valence-electron chi connectivity index (χ0n) is 11.2. The molecule has 2 heterocycles. The molecule has 3 atom stereocenters. The zero-order valence-corrected chi connectivity index (χ0v) is 11.2. The molecule has 1 aromatic rings. The Bertz CT molecular complexity index is 389. The van der Waals surface area contributed by atoms with E-state index in [-0.39, 0.29) is 5.60 Å². The van der Waals surface area contributed by atoms with Crippen molar-refractivity contribution in [3.05, 3.63) is 35.9 Å². The van der Waals surface area contributed by atoms with Crippen molar-refractivity contribution < 1.29 is 5.11 Å². The molecular weight excluding hydrogens is 222 g/mol. The van der Waals surface area contributed by atoms with E-state index in [1.54, 1.807) is 0 Å². The Kier molecular flexibility index (Phi) is 3.16. The number of rotatable bonds is 3. The molecule has 2 bridgehead atoms. The minimum absolute atomic E-state index is 0.390. The Morgan fingerprint density at radius 2 is 1.78 bits per heavy atom. The second kappa shape index (κ2) is 4.67. The number of fused-ring (bicyclic) bond motifs is 2. The van der Waals surface area contributed by atoms with Crippen molar-refractivity contribution in [3.8, 4) is 0 Å². The van der Waals surface area contributed by atoms with Gasteiger partial charge in [0.15, 0.2) is 0 Å². The molecule has 2 aliphatic rings. The van der Waals surface area contributed by atoms with Gasteiger partial charge in [0, 0.05) is 18.6 Å². The lowest BCUT2D eigenvalue weighted by Gasteiger charge is -2.43. The fraction of sp³-hybridized carbons (Fsp3) is 0.625. The predicted octanol–water partition coefficient (Wildman–Crippen LogP) is 2.95. The van der Waals surface area contributed by atoms with E-state index in [1.165, 1.54) is 18.4 Å². The van der Waals surface area contributed by atoms with E-state index >= 15 is 0 Å². The standard InChI is InChI=1S/C16H23NO/c1-2-16(18)10-14-8-9-15(11-16)17(14)12-13-6-4-3-5-7-13/h3-7,14-15,18H,2,8-12H2,1H3/t14-,15+,16+. The lowest BCUT2D eigenvalue weighted by molar-refractivity contribution is -0.0567. The molecule has 0 amide bonds. The molecule has 0 aliphatic carbocycles. The van der Waals surface area contributed by atoms with Crippen molar-refractivity contribution >= 4 is 0 Å². The van der Waals surface area contributed by atoms with Gasteiger partial charge in [0.05, 0.1) is 5.60 Å². The molecule has 0 spiro atoms. The number of benzene rings is 1. The van der Waals surface area contributed by atoms with Gasteiger partial charge < -0.3 is 5.11 Å². The number of aliphatic hydroxyl groups is 1. The summed E-state index contributed by atoms with van der Waals surface area (Å²) in [6, 6.07) is 11.9. The van der Waals surface area contributed by atoms with Gasteiger partial charge in [-0.15, -0.1) is 0 Å². The summed E-state index contributed by atoms with van der Waals surface area (Å²) < 4.78 is 0. The van der Waals surface area contributed by atoms with Crippen LogP contribution in [0.15, 0.2) is 30.3 Å². The predicted molar refractivity (Wildman–Crippen MR) is 73.3 cm³/mol. The molecule has 2 saturated heterocycles. The van der Waals surface area contributed by atoms with Crippen molar-refractivity contribution in [1.29, 1.82) is 0 Å². The zero-order chi connectivity index (χ0) is 12.6. The van der Waals surface area contributed by atoms with Gasteiger partial charge in [0.25, 0.3) is 0 Å². The smallest absolute Gasteiger partial charge is 0.0675 e. The van der Waals surface area contributed by atoms with Crippen LogP contribution in [-0.2, 0) is 6.54 Å². The SMILES string of the molecule is CC[C@]1(O)C[C@H]2CC[C@@H](C1)N2Cc1ccccc1. The van der Waals surface area contributed by atoms with Crippen LogP contribution in [0.2, 0.25) is 0 Å². The van der Waals surface area contributed by atoms with Crippen LogP contribution in [0, 0.1) is 0 Å². The van der Waals surface area contributed by atoms with Crippen LogP contribution in [0.4, 0.5) is 0 Å². The van der Waals surface area contributed by atoms with Gasteiger partial charge in [-0.2, -0.15) is 0 Å². The van der Waals surface area contributed by atoms with Crippen molar-refractivity contribution in [2.75, 3.05) is 0 Å². The Hall–Kier alpha value is -0.860. The first kappa shape index (κ1) is 12.2. The molecule has 1 N–H and O–H groups in total. The van der Waals surface area contributed by atoms with E-state index in [2.05, 4.69) is 42.2 Å². The van der Waals surface area contributed by atoms with E-state index < -0.39 is 0 Å². The summed E-state index contributed by atoms with van der Waals surface area (Å²) in [5.41, 5.74) is 1.01. The maximum absolute atomic E-state index is 10.5. The molecular formula is C16H23NO. The second-order valence-electron chi connectivity index (χ2n) is 6.03. The van der Waals surface area contributed by atoms with Crippen molar-refractivity contribution in [1.82, 2.24) is 4.90 Å². The molecule has 2 fully saturated rings. The maximum Gasteiger partial charge on any atom is 0.0675 e. The molecule has 2 nitrogen and oxygen atoms in total. The van der Waals surface area contributed by atoms with E-state index in [9.17, 15) is 5.11 Å². The van der Waals surface area contributed by atoms with Gasteiger partial charge >= 0.3 is 0 Å². The fourth-order valence-corrected chi connectivity index (χ4v) is 3.75.